The van der Waals surface area contributed by atoms with Gasteiger partial charge in [0.2, 0.25) is 0 Å². The second kappa shape index (κ2) is 6.86. The third-order valence-corrected chi connectivity index (χ3v) is 6.02. The van der Waals surface area contributed by atoms with Crippen molar-refractivity contribution in [1.29, 1.82) is 0 Å². The maximum absolute atomic E-state index is 2.36. The second-order valence-electron chi connectivity index (χ2n) is 7.83. The van der Waals surface area contributed by atoms with E-state index in [9.17, 15) is 0 Å². The maximum atomic E-state index is 2.36. The van der Waals surface area contributed by atoms with E-state index >= 15 is 0 Å². The van der Waals surface area contributed by atoms with E-state index in [4.69, 9.17) is 0 Å². The summed E-state index contributed by atoms with van der Waals surface area (Å²) in [5, 5.41) is 7.67. The van der Waals surface area contributed by atoms with Gasteiger partial charge in [0.1, 0.15) is 0 Å². The van der Waals surface area contributed by atoms with Gasteiger partial charge in [-0.15, -0.1) is 0 Å². The fourth-order valence-corrected chi connectivity index (χ4v) is 4.54. The molecule has 140 valence electrons. The van der Waals surface area contributed by atoms with Crippen molar-refractivity contribution in [3.8, 4) is 22.3 Å². The molecule has 0 aliphatic carbocycles. The summed E-state index contributed by atoms with van der Waals surface area (Å²) in [4.78, 5) is 0. The second-order valence-corrected chi connectivity index (χ2v) is 7.83. The molecule has 0 aliphatic heterocycles. The lowest BCUT2D eigenvalue weighted by atomic mass is 9.90. The quantitative estimate of drug-likeness (QED) is 0.282. The molecule has 0 heteroatoms. The zero-order valence-corrected chi connectivity index (χ0v) is 16.5. The summed E-state index contributed by atoms with van der Waals surface area (Å²) in [5.41, 5.74) is 5.07. The lowest BCUT2D eigenvalue weighted by Crippen LogP contribution is -1.87. The van der Waals surface area contributed by atoms with E-state index in [1.807, 2.05) is 0 Å². The molecule has 6 rings (SSSR count). The number of rotatable bonds is 2. The Morgan fingerprint density at radius 2 is 0.900 bits per heavy atom. The van der Waals surface area contributed by atoms with Crippen molar-refractivity contribution in [3.63, 3.8) is 0 Å². The Kier molecular flexibility index (Phi) is 3.89. The molecule has 0 aromatic heterocycles. The number of hydrogen-bond acceptors (Lipinski definition) is 0. The minimum atomic E-state index is 1.26. The molecule has 0 fully saturated rings. The minimum absolute atomic E-state index is 1.26. The highest BCUT2D eigenvalue weighted by atomic mass is 14.1. The summed E-state index contributed by atoms with van der Waals surface area (Å²) in [6.07, 6.45) is 0. The predicted molar refractivity (Wildman–Crippen MR) is 130 cm³/mol. The van der Waals surface area contributed by atoms with Crippen molar-refractivity contribution in [2.75, 3.05) is 0 Å². The van der Waals surface area contributed by atoms with Gasteiger partial charge in [-0.2, -0.15) is 0 Å². The van der Waals surface area contributed by atoms with E-state index in [1.54, 1.807) is 0 Å². The first-order chi connectivity index (χ1) is 14.9. The van der Waals surface area contributed by atoms with Gasteiger partial charge in [-0.05, 0) is 72.8 Å². The van der Waals surface area contributed by atoms with Crippen LogP contribution in [0.25, 0.3) is 54.6 Å². The molecule has 0 amide bonds. The molecule has 0 saturated heterocycles. The fraction of sp³-hybridized carbons (Fsp3) is 0. The van der Waals surface area contributed by atoms with E-state index in [0.29, 0.717) is 0 Å². The Balaban J connectivity index is 1.66. The van der Waals surface area contributed by atoms with Crippen molar-refractivity contribution < 1.29 is 0 Å². The Labute approximate surface area is 176 Å². The molecule has 0 heterocycles. The van der Waals surface area contributed by atoms with E-state index in [2.05, 4.69) is 121 Å². The fourth-order valence-electron chi connectivity index (χ4n) is 4.54. The molecule has 0 bridgehead atoms. The van der Waals surface area contributed by atoms with Gasteiger partial charge in [-0.25, -0.2) is 0 Å². The number of hydrogen-bond donors (Lipinski definition) is 0. The Morgan fingerprint density at radius 1 is 0.300 bits per heavy atom. The summed E-state index contributed by atoms with van der Waals surface area (Å²) in [6.45, 7) is 0. The first-order valence-corrected chi connectivity index (χ1v) is 10.4. The van der Waals surface area contributed by atoms with Gasteiger partial charge in [-0.3, -0.25) is 0 Å². The largest absolute Gasteiger partial charge is 0.0616 e. The van der Waals surface area contributed by atoms with Crippen molar-refractivity contribution in [2.24, 2.45) is 0 Å². The summed E-state index contributed by atoms with van der Waals surface area (Å²) in [7, 11) is 0. The van der Waals surface area contributed by atoms with E-state index < -0.39 is 0 Å². The predicted octanol–water partition coefficient (Wildman–Crippen LogP) is 8.48. The summed E-state index contributed by atoms with van der Waals surface area (Å²) in [6, 6.07) is 43.9. The van der Waals surface area contributed by atoms with Gasteiger partial charge in [-0.1, -0.05) is 103 Å². The molecule has 0 aliphatic rings. The van der Waals surface area contributed by atoms with Gasteiger partial charge < -0.3 is 0 Å². The van der Waals surface area contributed by atoms with Crippen molar-refractivity contribution in [3.05, 3.63) is 121 Å². The monoisotopic (exact) mass is 380 g/mol. The van der Waals surface area contributed by atoms with Crippen LogP contribution in [-0.2, 0) is 0 Å². The maximum Gasteiger partial charge on any atom is -0.00990 e. The minimum Gasteiger partial charge on any atom is -0.0616 e. The molecule has 6 aromatic rings. The molecule has 0 saturated carbocycles. The zero-order valence-electron chi connectivity index (χ0n) is 16.5. The molecular weight excluding hydrogens is 360 g/mol. The average molecular weight is 380 g/mol. The topological polar surface area (TPSA) is 0 Å². The molecule has 30 heavy (non-hydrogen) atoms. The molecule has 0 radical (unpaired) electrons. The third kappa shape index (κ3) is 2.77. The van der Waals surface area contributed by atoms with Crippen LogP contribution in [0.4, 0.5) is 0 Å². The van der Waals surface area contributed by atoms with Crippen molar-refractivity contribution in [2.45, 2.75) is 0 Å². The molecule has 0 nitrogen and oxygen atoms in total. The summed E-state index contributed by atoms with van der Waals surface area (Å²) < 4.78 is 0. The molecule has 6 aromatic carbocycles. The Hall–Kier alpha value is -3.90. The normalized spacial score (nSPS) is 11.3. The number of benzene rings is 6. The van der Waals surface area contributed by atoms with Crippen molar-refractivity contribution >= 4 is 32.3 Å². The first-order valence-electron chi connectivity index (χ1n) is 10.4. The lowest BCUT2D eigenvalue weighted by molar-refractivity contribution is 1.65. The van der Waals surface area contributed by atoms with Crippen LogP contribution < -0.4 is 0 Å². The zero-order chi connectivity index (χ0) is 19.9. The summed E-state index contributed by atoms with van der Waals surface area (Å²) in [5.74, 6) is 0. The lowest BCUT2D eigenvalue weighted by Gasteiger charge is -2.13. The Bertz CT molecular complexity index is 1530. The molecule has 0 spiro atoms. The van der Waals surface area contributed by atoms with Crippen LogP contribution in [0.3, 0.4) is 0 Å². The SMILES string of the molecule is c1ccc2cc(-c3cc(-c4cccc5ccccc45)cc4ccccc34)ccc2c1. The average Bonchev–Trinajstić information content (AvgIpc) is 2.82. The third-order valence-electron chi connectivity index (χ3n) is 6.02. The van der Waals surface area contributed by atoms with Crippen LogP contribution in [0.1, 0.15) is 0 Å². The van der Waals surface area contributed by atoms with Crippen LogP contribution in [0.2, 0.25) is 0 Å². The van der Waals surface area contributed by atoms with E-state index in [0.717, 1.165) is 0 Å². The highest BCUT2D eigenvalue weighted by molar-refractivity contribution is 6.05. The summed E-state index contributed by atoms with van der Waals surface area (Å²) >= 11 is 0. The van der Waals surface area contributed by atoms with E-state index in [-0.39, 0.29) is 0 Å². The molecule has 0 atom stereocenters. The highest BCUT2D eigenvalue weighted by Crippen LogP contribution is 2.37. The van der Waals surface area contributed by atoms with Crippen LogP contribution in [0.15, 0.2) is 121 Å². The van der Waals surface area contributed by atoms with Gasteiger partial charge >= 0.3 is 0 Å². The molecule has 0 N–H and O–H groups in total. The van der Waals surface area contributed by atoms with Gasteiger partial charge in [0, 0.05) is 0 Å². The Morgan fingerprint density at radius 3 is 1.73 bits per heavy atom. The first kappa shape index (κ1) is 17.0. The number of fused-ring (bicyclic) bond motifs is 3. The van der Waals surface area contributed by atoms with E-state index in [1.165, 1.54) is 54.6 Å². The molecular formula is C30H20. The van der Waals surface area contributed by atoms with Crippen molar-refractivity contribution in [1.82, 2.24) is 0 Å². The van der Waals surface area contributed by atoms with Gasteiger partial charge in [0.15, 0.2) is 0 Å². The van der Waals surface area contributed by atoms with Crippen LogP contribution in [0, 0.1) is 0 Å². The standard InChI is InChI=1S/C30H20/c1-2-10-23-18-25(17-16-21(23)8-1)30-20-26(19-24-11-4-6-14-28(24)30)29-15-7-12-22-9-3-5-13-27(22)29/h1-20H. The van der Waals surface area contributed by atoms with Crippen LogP contribution >= 0.6 is 0 Å². The molecule has 0 unspecified atom stereocenters. The van der Waals surface area contributed by atoms with Gasteiger partial charge in [0.05, 0.1) is 0 Å². The smallest absolute Gasteiger partial charge is 0.00990 e. The van der Waals surface area contributed by atoms with Crippen LogP contribution in [-0.4, -0.2) is 0 Å². The highest BCUT2D eigenvalue weighted by Gasteiger charge is 2.10. The van der Waals surface area contributed by atoms with Gasteiger partial charge in [0.25, 0.3) is 0 Å². The van der Waals surface area contributed by atoms with Crippen LogP contribution in [0.5, 0.6) is 0 Å².